The molecule has 1 rings (SSSR count). The van der Waals surface area contributed by atoms with Crippen LogP contribution in [0.1, 0.15) is 27.2 Å². The van der Waals surface area contributed by atoms with Crippen molar-refractivity contribution >= 4 is 14.5 Å². The second-order valence-electron chi connectivity index (χ2n) is 4.22. The summed E-state index contributed by atoms with van der Waals surface area (Å²) in [7, 11) is -2.25. The number of hydrogen-bond acceptors (Lipinski definition) is 3. The van der Waals surface area contributed by atoms with Crippen molar-refractivity contribution in [2.45, 2.75) is 39.4 Å². The van der Waals surface area contributed by atoms with Crippen LogP contribution in [-0.2, 0) is 13.6 Å². The predicted molar refractivity (Wildman–Crippen MR) is 69.8 cm³/mol. The van der Waals surface area contributed by atoms with Crippen molar-refractivity contribution in [1.29, 1.82) is 0 Å². The maximum absolute atomic E-state index is 11.8. The topological polar surface area (TPSA) is 38.8 Å². The van der Waals surface area contributed by atoms with Gasteiger partial charge < -0.3 is 13.8 Å². The SMILES string of the molecule is C/C=C/C(=O)N1CCC1[Si](C)(OCC)OCC. The maximum atomic E-state index is 11.8. The molecule has 0 aromatic carbocycles. The van der Waals surface area contributed by atoms with Gasteiger partial charge in [-0.05, 0) is 39.8 Å². The smallest absolute Gasteiger partial charge is 0.358 e. The Morgan fingerprint density at radius 3 is 2.35 bits per heavy atom. The van der Waals surface area contributed by atoms with Crippen molar-refractivity contribution in [1.82, 2.24) is 4.90 Å². The monoisotopic (exact) mass is 257 g/mol. The molecular formula is C12H23NO3Si. The van der Waals surface area contributed by atoms with Crippen LogP contribution in [-0.4, -0.2) is 44.8 Å². The number of carbonyl (C=O) groups excluding carboxylic acids is 1. The number of likely N-dealkylation sites (tertiary alicyclic amines) is 1. The standard InChI is InChI=1S/C12H23NO3Si/c1-5-8-11(14)13-10-9-12(13)17(4,15-6-2)16-7-3/h5,8,12H,6-7,9-10H2,1-4H3/b8-5+. The fraction of sp³-hybridized carbons (Fsp3) is 0.750. The van der Waals surface area contributed by atoms with Gasteiger partial charge in [-0.2, -0.15) is 0 Å². The molecule has 98 valence electrons. The highest BCUT2D eigenvalue weighted by atomic mass is 28.4. The van der Waals surface area contributed by atoms with Crippen LogP contribution in [0.15, 0.2) is 12.2 Å². The number of carbonyl (C=O) groups is 1. The summed E-state index contributed by atoms with van der Waals surface area (Å²) in [5.74, 6) is 0.0712. The Morgan fingerprint density at radius 2 is 2.00 bits per heavy atom. The molecule has 0 aromatic heterocycles. The molecule has 1 aliphatic heterocycles. The van der Waals surface area contributed by atoms with Crippen molar-refractivity contribution in [3.63, 3.8) is 0 Å². The van der Waals surface area contributed by atoms with Crippen molar-refractivity contribution in [3.05, 3.63) is 12.2 Å². The van der Waals surface area contributed by atoms with E-state index >= 15 is 0 Å². The first kappa shape index (κ1) is 14.4. The van der Waals surface area contributed by atoms with E-state index < -0.39 is 8.56 Å². The van der Waals surface area contributed by atoms with E-state index in [1.807, 2.05) is 25.7 Å². The zero-order valence-electron chi connectivity index (χ0n) is 11.2. The lowest BCUT2D eigenvalue weighted by molar-refractivity contribution is -0.132. The van der Waals surface area contributed by atoms with Gasteiger partial charge in [0, 0.05) is 19.8 Å². The third-order valence-corrected chi connectivity index (χ3v) is 6.61. The van der Waals surface area contributed by atoms with Crippen molar-refractivity contribution in [2.24, 2.45) is 0 Å². The van der Waals surface area contributed by atoms with Crippen LogP contribution in [0.2, 0.25) is 6.55 Å². The predicted octanol–water partition coefficient (Wildman–Crippen LogP) is 1.85. The van der Waals surface area contributed by atoms with Crippen molar-refractivity contribution in [2.75, 3.05) is 19.8 Å². The van der Waals surface area contributed by atoms with Gasteiger partial charge in [0.2, 0.25) is 5.91 Å². The van der Waals surface area contributed by atoms with E-state index in [4.69, 9.17) is 8.85 Å². The van der Waals surface area contributed by atoms with Crippen LogP contribution in [0.4, 0.5) is 0 Å². The average Bonchev–Trinajstić information content (AvgIpc) is 2.16. The third-order valence-electron chi connectivity index (χ3n) is 3.08. The zero-order chi connectivity index (χ0) is 12.9. The molecule has 0 N–H and O–H groups in total. The van der Waals surface area contributed by atoms with Crippen LogP contribution in [0, 0.1) is 0 Å². The molecular weight excluding hydrogens is 234 g/mol. The molecule has 1 fully saturated rings. The average molecular weight is 257 g/mol. The van der Waals surface area contributed by atoms with E-state index in [2.05, 4.69) is 6.55 Å². The Bertz CT molecular complexity index is 287. The van der Waals surface area contributed by atoms with Gasteiger partial charge in [-0.15, -0.1) is 0 Å². The lowest BCUT2D eigenvalue weighted by Crippen LogP contribution is -2.66. The van der Waals surface area contributed by atoms with Crippen LogP contribution < -0.4 is 0 Å². The van der Waals surface area contributed by atoms with Gasteiger partial charge in [-0.25, -0.2) is 0 Å². The summed E-state index contributed by atoms with van der Waals surface area (Å²) in [5, 5.41) is 0. The van der Waals surface area contributed by atoms with Crippen molar-refractivity contribution < 1.29 is 13.6 Å². The van der Waals surface area contributed by atoms with E-state index in [9.17, 15) is 4.79 Å². The summed E-state index contributed by atoms with van der Waals surface area (Å²) in [4.78, 5) is 13.7. The Kier molecular flexibility index (Phi) is 5.36. The van der Waals surface area contributed by atoms with Gasteiger partial charge in [0.05, 0.1) is 5.67 Å². The Labute approximate surface area is 105 Å². The van der Waals surface area contributed by atoms with Crippen LogP contribution in [0.3, 0.4) is 0 Å². The number of allylic oxidation sites excluding steroid dienone is 1. The van der Waals surface area contributed by atoms with Gasteiger partial charge >= 0.3 is 8.56 Å². The fourth-order valence-electron chi connectivity index (χ4n) is 2.24. The number of amides is 1. The van der Waals surface area contributed by atoms with Crippen LogP contribution in [0.5, 0.6) is 0 Å². The number of nitrogens with zero attached hydrogens (tertiary/aromatic N) is 1. The van der Waals surface area contributed by atoms with E-state index in [1.165, 1.54) is 0 Å². The van der Waals surface area contributed by atoms with Gasteiger partial charge in [-0.1, -0.05) is 6.08 Å². The summed E-state index contributed by atoms with van der Waals surface area (Å²) in [5.41, 5.74) is 0.158. The van der Waals surface area contributed by atoms with E-state index in [-0.39, 0.29) is 11.6 Å². The van der Waals surface area contributed by atoms with E-state index in [0.29, 0.717) is 13.2 Å². The first-order valence-electron chi connectivity index (χ1n) is 6.30. The van der Waals surface area contributed by atoms with Crippen LogP contribution >= 0.6 is 0 Å². The highest BCUT2D eigenvalue weighted by molar-refractivity contribution is 6.68. The van der Waals surface area contributed by atoms with E-state index in [1.54, 1.807) is 12.2 Å². The van der Waals surface area contributed by atoms with Crippen molar-refractivity contribution in [3.8, 4) is 0 Å². The molecule has 17 heavy (non-hydrogen) atoms. The molecule has 1 heterocycles. The quantitative estimate of drug-likeness (QED) is 0.538. The summed E-state index contributed by atoms with van der Waals surface area (Å²) < 4.78 is 11.7. The summed E-state index contributed by atoms with van der Waals surface area (Å²) in [6.45, 7) is 9.96. The van der Waals surface area contributed by atoms with Gasteiger partial charge in [-0.3, -0.25) is 4.79 Å². The molecule has 0 radical (unpaired) electrons. The van der Waals surface area contributed by atoms with Gasteiger partial charge in [0.25, 0.3) is 0 Å². The fourth-order valence-corrected chi connectivity index (χ4v) is 5.33. The minimum Gasteiger partial charge on any atom is -0.393 e. The molecule has 0 aliphatic carbocycles. The summed E-state index contributed by atoms with van der Waals surface area (Å²) >= 11 is 0. The molecule has 1 unspecified atom stereocenters. The molecule has 0 spiro atoms. The Morgan fingerprint density at radius 1 is 1.41 bits per heavy atom. The van der Waals surface area contributed by atoms with Gasteiger partial charge in [0.15, 0.2) is 0 Å². The first-order chi connectivity index (χ1) is 8.09. The summed E-state index contributed by atoms with van der Waals surface area (Å²) in [6, 6.07) is 0. The molecule has 1 aliphatic rings. The highest BCUT2D eigenvalue weighted by Gasteiger charge is 2.50. The normalized spacial score (nSPS) is 20.7. The second kappa shape index (κ2) is 6.33. The zero-order valence-corrected chi connectivity index (χ0v) is 12.2. The molecule has 5 heteroatoms. The van der Waals surface area contributed by atoms with Crippen LogP contribution in [0.25, 0.3) is 0 Å². The minimum absolute atomic E-state index is 0.0712. The Balaban J connectivity index is 2.72. The minimum atomic E-state index is -2.25. The molecule has 0 saturated carbocycles. The van der Waals surface area contributed by atoms with Gasteiger partial charge in [0.1, 0.15) is 0 Å². The second-order valence-corrected chi connectivity index (χ2v) is 7.49. The molecule has 1 atom stereocenters. The number of rotatable bonds is 6. The third kappa shape index (κ3) is 3.17. The molecule has 1 saturated heterocycles. The molecule has 0 aromatic rings. The highest BCUT2D eigenvalue weighted by Crippen LogP contribution is 2.28. The van der Waals surface area contributed by atoms with E-state index in [0.717, 1.165) is 13.0 Å². The molecule has 4 nitrogen and oxygen atoms in total. The lowest BCUT2D eigenvalue weighted by atomic mass is 10.2. The molecule has 0 bridgehead atoms. The number of hydrogen-bond donors (Lipinski definition) is 0. The molecule has 1 amide bonds. The lowest BCUT2D eigenvalue weighted by Gasteiger charge is -2.47. The largest absolute Gasteiger partial charge is 0.393 e. The Hall–Kier alpha value is -0.653. The summed E-state index contributed by atoms with van der Waals surface area (Å²) in [6.07, 6.45) is 4.38. The maximum Gasteiger partial charge on any atom is 0.358 e. The first-order valence-corrected chi connectivity index (χ1v) is 8.69.